The molecule has 1 aliphatic heterocycles. The minimum atomic E-state index is 0.788. The van der Waals surface area contributed by atoms with Gasteiger partial charge in [0, 0.05) is 19.2 Å². The maximum absolute atomic E-state index is 6.01. The van der Waals surface area contributed by atoms with Crippen LogP contribution in [0, 0.1) is 0 Å². The van der Waals surface area contributed by atoms with Crippen molar-refractivity contribution in [2.75, 3.05) is 24.3 Å². The first-order valence-corrected chi connectivity index (χ1v) is 6.09. The Balaban J connectivity index is 1.98. The Kier molecular flexibility index (Phi) is 2.59. The van der Waals surface area contributed by atoms with Crippen LogP contribution in [-0.4, -0.2) is 13.7 Å². The summed E-state index contributed by atoms with van der Waals surface area (Å²) in [6.07, 6.45) is 0.987. The van der Waals surface area contributed by atoms with Crippen molar-refractivity contribution in [2.45, 2.75) is 6.42 Å². The Morgan fingerprint density at radius 3 is 2.83 bits per heavy atom. The van der Waals surface area contributed by atoms with E-state index in [0.717, 1.165) is 35.8 Å². The lowest BCUT2D eigenvalue weighted by Gasteiger charge is -2.21. The van der Waals surface area contributed by atoms with Crippen molar-refractivity contribution in [1.82, 2.24) is 0 Å². The highest BCUT2D eigenvalue weighted by atomic mass is 16.5. The number of nitrogens with two attached hydrogens (primary N) is 1. The van der Waals surface area contributed by atoms with Gasteiger partial charge >= 0.3 is 0 Å². The Morgan fingerprint density at radius 2 is 2.00 bits per heavy atom. The number of benzene rings is 2. The number of hydrogen-bond donors (Lipinski definition) is 1. The van der Waals surface area contributed by atoms with Crippen molar-refractivity contribution in [2.24, 2.45) is 0 Å². The van der Waals surface area contributed by atoms with Gasteiger partial charge in [-0.15, -0.1) is 0 Å². The predicted octanol–water partition coefficient (Wildman–Crippen LogP) is 2.97. The highest BCUT2D eigenvalue weighted by molar-refractivity contribution is 5.74. The first-order valence-electron chi connectivity index (χ1n) is 6.09. The summed E-state index contributed by atoms with van der Waals surface area (Å²) in [5.74, 6) is 1.01. The predicted molar refractivity (Wildman–Crippen MR) is 74.6 cm³/mol. The van der Waals surface area contributed by atoms with Crippen LogP contribution in [0.15, 0.2) is 42.5 Å². The largest absolute Gasteiger partial charge is 0.493 e. The van der Waals surface area contributed by atoms with E-state index in [0.29, 0.717) is 0 Å². The van der Waals surface area contributed by atoms with E-state index in [4.69, 9.17) is 10.5 Å². The van der Waals surface area contributed by atoms with E-state index in [1.54, 1.807) is 0 Å². The van der Waals surface area contributed by atoms with Crippen molar-refractivity contribution in [1.29, 1.82) is 0 Å². The third-order valence-corrected chi connectivity index (χ3v) is 3.36. The van der Waals surface area contributed by atoms with Crippen LogP contribution in [0.4, 0.5) is 17.1 Å². The minimum absolute atomic E-state index is 0.788. The number of hydrogen-bond acceptors (Lipinski definition) is 3. The van der Waals surface area contributed by atoms with Crippen molar-refractivity contribution in [3.63, 3.8) is 0 Å². The van der Waals surface area contributed by atoms with Crippen LogP contribution in [-0.2, 0) is 6.42 Å². The SMILES string of the molecule is CN(c1ccc2c(c1)CCO2)c1ccccc1N. The highest BCUT2D eigenvalue weighted by Crippen LogP contribution is 2.33. The summed E-state index contributed by atoms with van der Waals surface area (Å²) in [6, 6.07) is 14.2. The maximum Gasteiger partial charge on any atom is 0.122 e. The van der Waals surface area contributed by atoms with Crippen LogP contribution in [0.3, 0.4) is 0 Å². The van der Waals surface area contributed by atoms with Gasteiger partial charge in [0.15, 0.2) is 0 Å². The molecule has 2 aromatic carbocycles. The van der Waals surface area contributed by atoms with Gasteiger partial charge in [0.1, 0.15) is 5.75 Å². The van der Waals surface area contributed by atoms with Gasteiger partial charge in [-0.25, -0.2) is 0 Å². The first kappa shape index (κ1) is 11.0. The molecule has 0 saturated carbocycles. The fourth-order valence-corrected chi connectivity index (χ4v) is 2.31. The average molecular weight is 240 g/mol. The maximum atomic E-state index is 6.01. The Hall–Kier alpha value is -2.16. The molecule has 2 aromatic rings. The van der Waals surface area contributed by atoms with Gasteiger partial charge in [-0.2, -0.15) is 0 Å². The number of nitrogens with zero attached hydrogens (tertiary/aromatic N) is 1. The number of anilines is 3. The Morgan fingerprint density at radius 1 is 1.17 bits per heavy atom. The van der Waals surface area contributed by atoms with Crippen LogP contribution < -0.4 is 15.4 Å². The standard InChI is InChI=1S/C15H16N2O/c1-17(14-5-3-2-4-13(14)16)12-6-7-15-11(10-12)8-9-18-15/h2-7,10H,8-9,16H2,1H3. The van der Waals surface area contributed by atoms with E-state index in [9.17, 15) is 0 Å². The molecule has 0 saturated heterocycles. The lowest BCUT2D eigenvalue weighted by Crippen LogP contribution is -2.11. The average Bonchev–Trinajstić information content (AvgIpc) is 2.85. The molecule has 1 heterocycles. The summed E-state index contributed by atoms with van der Waals surface area (Å²) in [7, 11) is 2.03. The van der Waals surface area contributed by atoms with Crippen molar-refractivity contribution >= 4 is 17.1 Å². The molecule has 18 heavy (non-hydrogen) atoms. The Bertz CT molecular complexity index is 580. The highest BCUT2D eigenvalue weighted by Gasteiger charge is 2.14. The van der Waals surface area contributed by atoms with E-state index in [1.165, 1.54) is 5.56 Å². The second-order valence-electron chi connectivity index (χ2n) is 4.51. The normalized spacial score (nSPS) is 12.9. The summed E-state index contributed by atoms with van der Waals surface area (Å²) >= 11 is 0. The third-order valence-electron chi connectivity index (χ3n) is 3.36. The molecular formula is C15H16N2O. The summed E-state index contributed by atoms with van der Waals surface area (Å²) in [5, 5.41) is 0. The number of rotatable bonds is 2. The molecule has 0 spiro atoms. The zero-order chi connectivity index (χ0) is 12.5. The number of fused-ring (bicyclic) bond motifs is 1. The molecule has 92 valence electrons. The van der Waals surface area contributed by atoms with Gasteiger partial charge in [-0.3, -0.25) is 0 Å². The third kappa shape index (κ3) is 1.78. The van der Waals surface area contributed by atoms with Gasteiger partial charge < -0.3 is 15.4 Å². The topological polar surface area (TPSA) is 38.5 Å². The van der Waals surface area contributed by atoms with Crippen LogP contribution in [0.5, 0.6) is 5.75 Å². The van der Waals surface area contributed by atoms with E-state index in [1.807, 2.05) is 37.4 Å². The molecule has 0 unspecified atom stereocenters. The van der Waals surface area contributed by atoms with Crippen LogP contribution in [0.2, 0.25) is 0 Å². The van der Waals surface area contributed by atoms with Gasteiger partial charge in [-0.05, 0) is 35.9 Å². The number of para-hydroxylation sites is 2. The molecule has 2 N–H and O–H groups in total. The molecule has 1 aliphatic rings. The molecule has 3 nitrogen and oxygen atoms in total. The summed E-state index contributed by atoms with van der Waals surface area (Å²) in [6.45, 7) is 0.788. The number of nitrogen functional groups attached to an aromatic ring is 1. The molecule has 0 bridgehead atoms. The molecule has 0 aliphatic carbocycles. The van der Waals surface area contributed by atoms with Gasteiger partial charge in [0.05, 0.1) is 18.0 Å². The summed E-state index contributed by atoms with van der Waals surface area (Å²) in [4.78, 5) is 2.11. The molecule has 3 rings (SSSR count). The summed E-state index contributed by atoms with van der Waals surface area (Å²) in [5.41, 5.74) is 10.2. The van der Waals surface area contributed by atoms with Crippen molar-refractivity contribution < 1.29 is 4.74 Å². The fraction of sp³-hybridized carbons (Fsp3) is 0.200. The second-order valence-corrected chi connectivity index (χ2v) is 4.51. The summed E-state index contributed by atoms with van der Waals surface area (Å²) < 4.78 is 5.52. The molecule has 3 heteroatoms. The van der Waals surface area contributed by atoms with E-state index >= 15 is 0 Å². The molecule has 0 radical (unpaired) electrons. The van der Waals surface area contributed by atoms with E-state index in [-0.39, 0.29) is 0 Å². The molecule has 0 atom stereocenters. The monoisotopic (exact) mass is 240 g/mol. The molecule has 0 fully saturated rings. The molecule has 0 aromatic heterocycles. The lowest BCUT2D eigenvalue weighted by molar-refractivity contribution is 0.357. The smallest absolute Gasteiger partial charge is 0.122 e. The van der Waals surface area contributed by atoms with Crippen LogP contribution in [0.1, 0.15) is 5.56 Å². The van der Waals surface area contributed by atoms with Crippen molar-refractivity contribution in [3.8, 4) is 5.75 Å². The van der Waals surface area contributed by atoms with Gasteiger partial charge in [-0.1, -0.05) is 12.1 Å². The van der Waals surface area contributed by atoms with Crippen LogP contribution >= 0.6 is 0 Å². The quantitative estimate of drug-likeness (QED) is 0.820. The fourth-order valence-electron chi connectivity index (χ4n) is 2.31. The van der Waals surface area contributed by atoms with E-state index < -0.39 is 0 Å². The van der Waals surface area contributed by atoms with Gasteiger partial charge in [0.25, 0.3) is 0 Å². The molecule has 0 amide bonds. The first-order chi connectivity index (χ1) is 8.75. The van der Waals surface area contributed by atoms with Crippen molar-refractivity contribution in [3.05, 3.63) is 48.0 Å². The van der Waals surface area contributed by atoms with E-state index in [2.05, 4.69) is 17.0 Å². The lowest BCUT2D eigenvalue weighted by atomic mass is 10.1. The minimum Gasteiger partial charge on any atom is -0.493 e. The zero-order valence-corrected chi connectivity index (χ0v) is 10.4. The zero-order valence-electron chi connectivity index (χ0n) is 10.4. The Labute approximate surface area is 107 Å². The molecular weight excluding hydrogens is 224 g/mol. The second kappa shape index (κ2) is 4.26. The number of ether oxygens (including phenoxy) is 1. The van der Waals surface area contributed by atoms with Gasteiger partial charge in [0.2, 0.25) is 0 Å². The van der Waals surface area contributed by atoms with Crippen LogP contribution in [0.25, 0.3) is 0 Å².